The van der Waals surface area contributed by atoms with E-state index in [1.54, 1.807) is 31.4 Å². The van der Waals surface area contributed by atoms with Crippen LogP contribution in [0.25, 0.3) is 5.76 Å². The summed E-state index contributed by atoms with van der Waals surface area (Å²) in [7, 11) is 4.40. The number of benzene rings is 3. The fraction of sp³-hybridized carbons (Fsp3) is 0.241. The fourth-order valence-corrected chi connectivity index (χ4v) is 4.69. The number of methoxy groups -OCH3 is 3. The highest BCUT2D eigenvalue weighted by atomic mass is 35.5. The highest BCUT2D eigenvalue weighted by Gasteiger charge is 2.46. The van der Waals surface area contributed by atoms with Gasteiger partial charge in [-0.15, -0.1) is 0 Å². The fourth-order valence-electron chi connectivity index (χ4n) is 4.46. The quantitative estimate of drug-likeness (QED) is 0.222. The minimum Gasteiger partial charge on any atom is -0.507 e. The number of halogens is 1. The van der Waals surface area contributed by atoms with Gasteiger partial charge >= 0.3 is 0 Å². The second-order valence-electron chi connectivity index (χ2n) is 8.47. The molecule has 1 unspecified atom stereocenters. The Morgan fingerprint density at radius 3 is 2.26 bits per heavy atom. The van der Waals surface area contributed by atoms with Gasteiger partial charge in [-0.05, 0) is 48.4 Å². The third-order valence-electron chi connectivity index (χ3n) is 6.26. The van der Waals surface area contributed by atoms with Crippen molar-refractivity contribution in [3.8, 4) is 23.0 Å². The molecular formula is C29H28ClNO7. The van der Waals surface area contributed by atoms with Crippen molar-refractivity contribution >= 4 is 29.1 Å². The Hall–Kier alpha value is -4.17. The summed E-state index contributed by atoms with van der Waals surface area (Å²) in [6, 6.07) is 16.4. The van der Waals surface area contributed by atoms with Gasteiger partial charge in [0.25, 0.3) is 11.7 Å². The van der Waals surface area contributed by atoms with Crippen molar-refractivity contribution in [3.05, 3.63) is 87.9 Å². The van der Waals surface area contributed by atoms with E-state index in [-0.39, 0.29) is 34.2 Å². The van der Waals surface area contributed by atoms with Gasteiger partial charge in [-0.2, -0.15) is 0 Å². The van der Waals surface area contributed by atoms with Gasteiger partial charge < -0.3 is 29.0 Å². The summed E-state index contributed by atoms with van der Waals surface area (Å²) in [5.74, 6) is -0.204. The first-order valence-corrected chi connectivity index (χ1v) is 12.3. The lowest BCUT2D eigenvalue weighted by Gasteiger charge is -2.26. The van der Waals surface area contributed by atoms with Gasteiger partial charge in [0.2, 0.25) is 0 Å². The lowest BCUT2D eigenvalue weighted by molar-refractivity contribution is -0.140. The molecule has 1 aliphatic heterocycles. The molecule has 1 saturated heterocycles. The van der Waals surface area contributed by atoms with E-state index in [0.717, 1.165) is 5.56 Å². The second-order valence-corrected chi connectivity index (χ2v) is 8.87. The summed E-state index contributed by atoms with van der Waals surface area (Å²) < 4.78 is 21.6. The molecule has 1 atom stereocenters. The van der Waals surface area contributed by atoms with Crippen molar-refractivity contribution in [2.24, 2.45) is 0 Å². The standard InChI is InChI=1S/C29H28ClNO7/c1-5-38-20-8-6-7-17(13-20)16-31-26(18-9-11-19(35-2)12-10-18)25(28(33)29(31)34)27(32)21-14-24(37-4)22(30)15-23(21)36-3/h6-15,26,32H,5,16H2,1-4H3/b27-25+. The number of rotatable bonds is 9. The number of hydrogen-bond donors (Lipinski definition) is 1. The number of carbonyl (C=O) groups excluding carboxylic acids is 2. The van der Waals surface area contributed by atoms with E-state index >= 15 is 0 Å². The summed E-state index contributed by atoms with van der Waals surface area (Å²) in [4.78, 5) is 28.3. The van der Waals surface area contributed by atoms with Crippen molar-refractivity contribution in [3.63, 3.8) is 0 Å². The smallest absolute Gasteiger partial charge is 0.295 e. The van der Waals surface area contributed by atoms with E-state index < -0.39 is 23.5 Å². The van der Waals surface area contributed by atoms with Crippen molar-refractivity contribution in [2.75, 3.05) is 27.9 Å². The number of carbonyl (C=O) groups is 2. The Morgan fingerprint density at radius 2 is 1.63 bits per heavy atom. The largest absolute Gasteiger partial charge is 0.507 e. The predicted octanol–water partition coefficient (Wildman–Crippen LogP) is 5.39. The van der Waals surface area contributed by atoms with Crippen LogP contribution in [-0.2, 0) is 16.1 Å². The number of ketones is 1. The van der Waals surface area contributed by atoms with Crippen LogP contribution < -0.4 is 18.9 Å². The van der Waals surface area contributed by atoms with Crippen LogP contribution in [0.2, 0.25) is 5.02 Å². The number of aliphatic hydroxyl groups excluding tert-OH is 1. The molecular weight excluding hydrogens is 510 g/mol. The number of nitrogens with zero attached hydrogens (tertiary/aromatic N) is 1. The van der Waals surface area contributed by atoms with E-state index in [9.17, 15) is 14.7 Å². The number of aliphatic hydroxyl groups is 1. The average Bonchev–Trinajstić information content (AvgIpc) is 3.17. The molecule has 0 spiro atoms. The third-order valence-corrected chi connectivity index (χ3v) is 6.56. The Bertz CT molecular complexity index is 1380. The summed E-state index contributed by atoms with van der Waals surface area (Å²) in [5, 5.41) is 11.8. The molecule has 3 aromatic carbocycles. The van der Waals surface area contributed by atoms with Crippen LogP contribution in [0.4, 0.5) is 0 Å². The topological polar surface area (TPSA) is 94.5 Å². The molecule has 1 fully saturated rings. The summed E-state index contributed by atoms with van der Waals surface area (Å²) in [5.41, 5.74) is 1.47. The van der Waals surface area contributed by atoms with E-state index in [1.807, 2.05) is 31.2 Å². The van der Waals surface area contributed by atoms with E-state index in [4.69, 9.17) is 30.5 Å². The van der Waals surface area contributed by atoms with Gasteiger partial charge in [0.1, 0.15) is 28.8 Å². The Labute approximate surface area is 225 Å². The van der Waals surface area contributed by atoms with Crippen LogP contribution in [0.1, 0.15) is 29.7 Å². The molecule has 0 saturated carbocycles. The molecule has 1 aliphatic rings. The normalized spacial score (nSPS) is 16.4. The molecule has 1 N–H and O–H groups in total. The van der Waals surface area contributed by atoms with Crippen LogP contribution in [-0.4, -0.2) is 49.6 Å². The Balaban J connectivity index is 1.89. The maximum absolute atomic E-state index is 13.5. The van der Waals surface area contributed by atoms with Crippen LogP contribution in [0.3, 0.4) is 0 Å². The molecule has 198 valence electrons. The lowest BCUT2D eigenvalue weighted by Crippen LogP contribution is -2.29. The van der Waals surface area contributed by atoms with Crippen molar-refractivity contribution in [1.29, 1.82) is 0 Å². The highest BCUT2D eigenvalue weighted by Crippen LogP contribution is 2.44. The summed E-state index contributed by atoms with van der Waals surface area (Å²) >= 11 is 6.24. The van der Waals surface area contributed by atoms with Gasteiger partial charge in [0.05, 0.1) is 50.1 Å². The number of Topliss-reactive ketones (excluding diaryl/α,β-unsaturated/α-hetero) is 1. The van der Waals surface area contributed by atoms with Crippen LogP contribution in [0.5, 0.6) is 23.0 Å². The molecule has 0 aliphatic carbocycles. The Kier molecular flexibility index (Phi) is 8.12. The first kappa shape index (κ1) is 26.9. The Morgan fingerprint density at radius 1 is 0.921 bits per heavy atom. The monoisotopic (exact) mass is 537 g/mol. The number of amides is 1. The van der Waals surface area contributed by atoms with Crippen molar-refractivity contribution < 1.29 is 33.6 Å². The van der Waals surface area contributed by atoms with Crippen molar-refractivity contribution in [1.82, 2.24) is 4.90 Å². The minimum absolute atomic E-state index is 0.0798. The number of likely N-dealkylation sites (tertiary alicyclic amines) is 1. The molecule has 0 bridgehead atoms. The first-order chi connectivity index (χ1) is 18.3. The molecule has 3 aromatic rings. The van der Waals surface area contributed by atoms with Gasteiger partial charge in [0, 0.05) is 12.6 Å². The number of ether oxygens (including phenoxy) is 4. The lowest BCUT2D eigenvalue weighted by atomic mass is 9.94. The molecule has 1 amide bonds. The molecule has 38 heavy (non-hydrogen) atoms. The average molecular weight is 538 g/mol. The molecule has 8 nitrogen and oxygen atoms in total. The molecule has 0 radical (unpaired) electrons. The summed E-state index contributed by atoms with van der Waals surface area (Å²) in [6.45, 7) is 2.49. The first-order valence-electron chi connectivity index (χ1n) is 11.9. The van der Waals surface area contributed by atoms with Crippen LogP contribution in [0.15, 0.2) is 66.2 Å². The third kappa shape index (κ3) is 5.13. The second kappa shape index (κ2) is 11.5. The van der Waals surface area contributed by atoms with E-state index in [0.29, 0.717) is 23.7 Å². The van der Waals surface area contributed by atoms with Crippen LogP contribution in [0, 0.1) is 0 Å². The zero-order chi connectivity index (χ0) is 27.4. The zero-order valence-electron chi connectivity index (χ0n) is 21.5. The number of hydrogen-bond acceptors (Lipinski definition) is 7. The summed E-state index contributed by atoms with van der Waals surface area (Å²) in [6.07, 6.45) is 0. The van der Waals surface area contributed by atoms with Gasteiger partial charge in [-0.25, -0.2) is 0 Å². The van der Waals surface area contributed by atoms with Crippen LogP contribution >= 0.6 is 11.6 Å². The highest BCUT2D eigenvalue weighted by molar-refractivity contribution is 6.46. The predicted molar refractivity (Wildman–Crippen MR) is 143 cm³/mol. The zero-order valence-corrected chi connectivity index (χ0v) is 22.2. The molecule has 9 heteroatoms. The van der Waals surface area contributed by atoms with E-state index in [1.165, 1.54) is 31.3 Å². The molecule has 4 rings (SSSR count). The SMILES string of the molecule is CCOc1cccc(CN2C(=O)C(=O)/C(=C(/O)c3cc(OC)c(Cl)cc3OC)C2c2ccc(OC)cc2)c1. The molecule has 0 aromatic heterocycles. The van der Waals surface area contributed by atoms with Gasteiger partial charge in [0.15, 0.2) is 0 Å². The van der Waals surface area contributed by atoms with E-state index in [2.05, 4.69) is 0 Å². The van der Waals surface area contributed by atoms with Gasteiger partial charge in [-0.1, -0.05) is 35.9 Å². The molecule has 1 heterocycles. The van der Waals surface area contributed by atoms with Gasteiger partial charge in [-0.3, -0.25) is 9.59 Å². The maximum Gasteiger partial charge on any atom is 0.295 e. The maximum atomic E-state index is 13.5. The minimum atomic E-state index is -0.886. The van der Waals surface area contributed by atoms with Crippen molar-refractivity contribution in [2.45, 2.75) is 19.5 Å².